The van der Waals surface area contributed by atoms with Crippen molar-refractivity contribution in [3.8, 4) is 11.3 Å². The summed E-state index contributed by atoms with van der Waals surface area (Å²) in [5.41, 5.74) is 0.885. The summed E-state index contributed by atoms with van der Waals surface area (Å²) in [6, 6.07) is 10.2. The Kier molecular flexibility index (Phi) is 4.36. The van der Waals surface area contributed by atoms with E-state index >= 15 is 0 Å². The summed E-state index contributed by atoms with van der Waals surface area (Å²) in [7, 11) is 0. The highest BCUT2D eigenvalue weighted by atomic mass is 19.1. The van der Waals surface area contributed by atoms with Gasteiger partial charge in [-0.3, -0.25) is 0 Å². The maximum Gasteiger partial charge on any atom is 0.134 e. The zero-order valence-electron chi connectivity index (χ0n) is 14.2. The molecule has 5 nitrogen and oxygen atoms in total. The van der Waals surface area contributed by atoms with Crippen LogP contribution in [0, 0.1) is 18.7 Å². The number of aryl methyl sites for hydroxylation is 2. The Morgan fingerprint density at radius 3 is 2.88 bits per heavy atom. The summed E-state index contributed by atoms with van der Waals surface area (Å²) in [4.78, 5) is 0. The van der Waals surface area contributed by atoms with Gasteiger partial charge in [-0.2, -0.15) is 0 Å². The first kappa shape index (κ1) is 16.0. The molecule has 0 saturated carbocycles. The van der Waals surface area contributed by atoms with Crippen molar-refractivity contribution in [2.45, 2.75) is 32.9 Å². The average Bonchev–Trinajstić information content (AvgIpc) is 3.23. The molecule has 1 aromatic carbocycles. The van der Waals surface area contributed by atoms with E-state index in [0.717, 1.165) is 54.7 Å². The number of rotatable bonds is 5. The van der Waals surface area contributed by atoms with Crippen LogP contribution in [-0.2, 0) is 19.5 Å². The predicted molar refractivity (Wildman–Crippen MR) is 92.4 cm³/mol. The summed E-state index contributed by atoms with van der Waals surface area (Å²) in [5.74, 6) is 4.08. The highest BCUT2D eigenvalue weighted by molar-refractivity contribution is 5.57. The zero-order valence-corrected chi connectivity index (χ0v) is 14.2. The highest BCUT2D eigenvalue weighted by Gasteiger charge is 2.21. The molecule has 0 fully saturated rings. The number of halogens is 1. The van der Waals surface area contributed by atoms with Gasteiger partial charge < -0.3 is 14.3 Å². The molecule has 1 unspecified atom stereocenters. The number of hydrogen-bond donors (Lipinski definition) is 1. The molecule has 1 aliphatic rings. The van der Waals surface area contributed by atoms with Gasteiger partial charge in [-0.05, 0) is 55.7 Å². The number of aromatic nitrogens is 3. The van der Waals surface area contributed by atoms with Crippen molar-refractivity contribution < 1.29 is 8.81 Å². The number of hydrogen-bond acceptors (Lipinski definition) is 4. The predicted octanol–water partition coefficient (Wildman–Crippen LogP) is 3.34. The number of nitrogens with zero attached hydrogens (tertiary/aromatic N) is 3. The molecular formula is C19H21FN4O. The van der Waals surface area contributed by atoms with Gasteiger partial charge in [0.2, 0.25) is 0 Å². The second-order valence-electron chi connectivity index (χ2n) is 6.58. The van der Waals surface area contributed by atoms with Crippen LogP contribution in [-0.4, -0.2) is 21.3 Å². The van der Waals surface area contributed by atoms with Crippen molar-refractivity contribution in [3.63, 3.8) is 0 Å². The van der Waals surface area contributed by atoms with Gasteiger partial charge >= 0.3 is 0 Å². The lowest BCUT2D eigenvalue weighted by Crippen LogP contribution is -2.30. The Labute approximate surface area is 145 Å². The fourth-order valence-corrected chi connectivity index (χ4v) is 3.34. The topological polar surface area (TPSA) is 55.9 Å². The Hall–Kier alpha value is -2.47. The van der Waals surface area contributed by atoms with Gasteiger partial charge in [-0.1, -0.05) is 0 Å². The van der Waals surface area contributed by atoms with E-state index in [1.807, 2.05) is 19.1 Å². The van der Waals surface area contributed by atoms with Crippen molar-refractivity contribution in [1.29, 1.82) is 0 Å². The molecule has 3 heterocycles. The first-order valence-electron chi connectivity index (χ1n) is 8.63. The molecule has 1 aliphatic heterocycles. The summed E-state index contributed by atoms with van der Waals surface area (Å²) in [6.07, 6.45) is 2.12. The zero-order chi connectivity index (χ0) is 17.2. The molecule has 0 bridgehead atoms. The van der Waals surface area contributed by atoms with Crippen molar-refractivity contribution in [3.05, 3.63) is 59.6 Å². The SMILES string of the molecule is Cc1nnc2n1CC(CNCc1ccc(-c3ccc(F)cc3)o1)CC2. The van der Waals surface area contributed by atoms with E-state index in [-0.39, 0.29) is 5.82 Å². The first-order valence-corrected chi connectivity index (χ1v) is 8.63. The molecule has 4 rings (SSSR count). The summed E-state index contributed by atoms with van der Waals surface area (Å²) in [6.45, 7) is 4.60. The van der Waals surface area contributed by atoms with Gasteiger partial charge in [0, 0.05) is 25.1 Å². The summed E-state index contributed by atoms with van der Waals surface area (Å²) >= 11 is 0. The fourth-order valence-electron chi connectivity index (χ4n) is 3.34. The highest BCUT2D eigenvalue weighted by Crippen LogP contribution is 2.23. The maximum absolute atomic E-state index is 13.0. The minimum Gasteiger partial charge on any atom is -0.460 e. The van der Waals surface area contributed by atoms with Crippen molar-refractivity contribution >= 4 is 0 Å². The Morgan fingerprint density at radius 1 is 1.20 bits per heavy atom. The molecule has 0 radical (unpaired) electrons. The normalized spacial score (nSPS) is 16.8. The number of benzene rings is 1. The van der Waals surface area contributed by atoms with E-state index in [9.17, 15) is 4.39 Å². The molecule has 1 N–H and O–H groups in total. The first-order chi connectivity index (χ1) is 12.2. The largest absolute Gasteiger partial charge is 0.460 e. The molecule has 6 heteroatoms. The lowest BCUT2D eigenvalue weighted by molar-refractivity contribution is 0.339. The molecule has 1 atom stereocenters. The second kappa shape index (κ2) is 6.80. The molecule has 3 aromatic rings. The summed E-state index contributed by atoms with van der Waals surface area (Å²) in [5, 5.41) is 11.8. The lowest BCUT2D eigenvalue weighted by atomic mass is 9.99. The van der Waals surface area contributed by atoms with E-state index in [2.05, 4.69) is 20.1 Å². The van der Waals surface area contributed by atoms with Gasteiger partial charge in [-0.25, -0.2) is 4.39 Å². The third-order valence-electron chi connectivity index (χ3n) is 4.75. The second-order valence-corrected chi connectivity index (χ2v) is 6.58. The van der Waals surface area contributed by atoms with Crippen LogP contribution in [0.5, 0.6) is 0 Å². The smallest absolute Gasteiger partial charge is 0.134 e. The molecule has 0 aliphatic carbocycles. The van der Waals surface area contributed by atoms with Crippen LogP contribution in [0.3, 0.4) is 0 Å². The van der Waals surface area contributed by atoms with E-state index in [1.54, 1.807) is 12.1 Å². The monoisotopic (exact) mass is 340 g/mol. The van der Waals surface area contributed by atoms with Gasteiger partial charge in [0.25, 0.3) is 0 Å². The number of furan rings is 1. The molecule has 130 valence electrons. The van der Waals surface area contributed by atoms with Crippen molar-refractivity contribution in [1.82, 2.24) is 20.1 Å². The van der Waals surface area contributed by atoms with Gasteiger partial charge in [0.1, 0.15) is 29.0 Å². The molecular weight excluding hydrogens is 319 g/mol. The molecule has 2 aromatic heterocycles. The third-order valence-corrected chi connectivity index (χ3v) is 4.75. The van der Waals surface area contributed by atoms with Crippen LogP contribution in [0.2, 0.25) is 0 Å². The average molecular weight is 340 g/mol. The molecule has 25 heavy (non-hydrogen) atoms. The number of fused-ring (bicyclic) bond motifs is 1. The number of nitrogens with one attached hydrogen (secondary N) is 1. The fraction of sp³-hybridized carbons (Fsp3) is 0.368. The lowest BCUT2D eigenvalue weighted by Gasteiger charge is -2.24. The van der Waals surface area contributed by atoms with Gasteiger partial charge in [0.05, 0.1) is 6.54 Å². The Balaban J connectivity index is 1.31. The Bertz CT molecular complexity index is 853. The minimum atomic E-state index is -0.240. The third kappa shape index (κ3) is 3.49. The van der Waals surface area contributed by atoms with Gasteiger partial charge in [0.15, 0.2) is 0 Å². The van der Waals surface area contributed by atoms with E-state index in [4.69, 9.17) is 4.42 Å². The van der Waals surface area contributed by atoms with Crippen LogP contribution in [0.1, 0.15) is 23.8 Å². The van der Waals surface area contributed by atoms with Crippen molar-refractivity contribution in [2.75, 3.05) is 6.54 Å². The van der Waals surface area contributed by atoms with Gasteiger partial charge in [-0.15, -0.1) is 10.2 Å². The standard InChI is InChI=1S/C19H21FN4O/c1-13-22-23-19-9-2-14(12-24(13)19)10-21-11-17-7-8-18(25-17)15-3-5-16(20)6-4-15/h3-8,14,21H,2,9-12H2,1H3. The van der Waals surface area contributed by atoms with Crippen LogP contribution < -0.4 is 5.32 Å². The van der Waals surface area contributed by atoms with Crippen LogP contribution >= 0.6 is 0 Å². The van der Waals surface area contributed by atoms with Crippen LogP contribution in [0.15, 0.2) is 40.8 Å². The van der Waals surface area contributed by atoms with E-state index in [0.29, 0.717) is 12.5 Å². The molecule has 0 saturated heterocycles. The maximum atomic E-state index is 13.0. The van der Waals surface area contributed by atoms with Crippen LogP contribution in [0.25, 0.3) is 11.3 Å². The van der Waals surface area contributed by atoms with E-state index < -0.39 is 0 Å². The quantitative estimate of drug-likeness (QED) is 0.774. The Morgan fingerprint density at radius 2 is 2.04 bits per heavy atom. The molecule has 0 amide bonds. The van der Waals surface area contributed by atoms with Crippen molar-refractivity contribution in [2.24, 2.45) is 5.92 Å². The minimum absolute atomic E-state index is 0.240. The molecule has 0 spiro atoms. The van der Waals surface area contributed by atoms with E-state index in [1.165, 1.54) is 12.1 Å². The summed E-state index contributed by atoms with van der Waals surface area (Å²) < 4.78 is 21.1. The van der Waals surface area contributed by atoms with Crippen LogP contribution in [0.4, 0.5) is 4.39 Å².